The summed E-state index contributed by atoms with van der Waals surface area (Å²) < 4.78 is 0. The van der Waals surface area contributed by atoms with Gasteiger partial charge in [-0.3, -0.25) is 9.69 Å². The first-order chi connectivity index (χ1) is 8.72. The molecule has 3 N–H and O–H groups in total. The number of nitrogens with two attached hydrogens (primary N) is 1. The average Bonchev–Trinajstić information content (AvgIpc) is 2.80. The van der Waals surface area contributed by atoms with Crippen LogP contribution >= 0.6 is 11.3 Å². The minimum Gasteiger partial charge on any atom is -0.353 e. The van der Waals surface area contributed by atoms with Crippen molar-refractivity contribution in [3.63, 3.8) is 0 Å². The Labute approximate surface area is 111 Å². The van der Waals surface area contributed by atoms with Crippen LogP contribution in [0.15, 0.2) is 11.4 Å². The van der Waals surface area contributed by atoms with Crippen molar-refractivity contribution >= 4 is 17.2 Å². The fourth-order valence-corrected chi connectivity index (χ4v) is 2.81. The third-order valence-electron chi connectivity index (χ3n) is 3.04. The van der Waals surface area contributed by atoms with Gasteiger partial charge in [-0.15, -0.1) is 11.3 Å². The van der Waals surface area contributed by atoms with E-state index in [0.717, 1.165) is 25.2 Å². The number of amides is 1. The molecule has 1 saturated heterocycles. The van der Waals surface area contributed by atoms with Crippen molar-refractivity contribution in [1.82, 2.24) is 10.2 Å². The Morgan fingerprint density at radius 2 is 2.50 bits per heavy atom. The molecule has 5 heteroatoms. The van der Waals surface area contributed by atoms with Crippen molar-refractivity contribution in [3.8, 4) is 11.8 Å². The van der Waals surface area contributed by atoms with Crippen LogP contribution in [0, 0.1) is 11.8 Å². The maximum absolute atomic E-state index is 11.6. The van der Waals surface area contributed by atoms with Crippen LogP contribution in [0.5, 0.6) is 0 Å². The maximum atomic E-state index is 11.6. The lowest BCUT2D eigenvalue weighted by atomic mass is 10.2. The van der Waals surface area contributed by atoms with Crippen LogP contribution in [0.3, 0.4) is 0 Å². The first-order valence-electron chi connectivity index (χ1n) is 5.99. The highest BCUT2D eigenvalue weighted by molar-refractivity contribution is 7.10. The number of carbonyl (C=O) groups excluding carboxylic acids is 1. The summed E-state index contributed by atoms with van der Waals surface area (Å²) in [5.74, 6) is 6.06. The standard InChI is InChI=1S/C13H17N3OS/c1-10-13(17)15-6-7-16(10)9-12-11(3-2-5-14)4-8-18-12/h4,8,10H,5-7,9,14H2,1H3,(H,15,17). The van der Waals surface area contributed by atoms with E-state index in [1.54, 1.807) is 11.3 Å². The summed E-state index contributed by atoms with van der Waals surface area (Å²) in [5, 5.41) is 4.90. The van der Waals surface area contributed by atoms with Crippen LogP contribution in [0.4, 0.5) is 0 Å². The minimum atomic E-state index is -0.0730. The fourth-order valence-electron chi connectivity index (χ4n) is 1.95. The van der Waals surface area contributed by atoms with Crippen LogP contribution in [-0.2, 0) is 11.3 Å². The molecule has 0 radical (unpaired) electrons. The first-order valence-corrected chi connectivity index (χ1v) is 6.87. The smallest absolute Gasteiger partial charge is 0.237 e. The molecule has 1 atom stereocenters. The largest absolute Gasteiger partial charge is 0.353 e. The van der Waals surface area contributed by atoms with Crippen molar-refractivity contribution in [2.75, 3.05) is 19.6 Å². The van der Waals surface area contributed by atoms with Gasteiger partial charge in [-0.2, -0.15) is 0 Å². The Kier molecular flexibility index (Phi) is 4.37. The van der Waals surface area contributed by atoms with Gasteiger partial charge < -0.3 is 11.1 Å². The molecule has 0 aliphatic carbocycles. The summed E-state index contributed by atoms with van der Waals surface area (Å²) in [6.07, 6.45) is 0. The number of nitrogens with zero attached hydrogens (tertiary/aromatic N) is 1. The Balaban J connectivity index is 2.09. The Bertz CT molecular complexity index is 486. The van der Waals surface area contributed by atoms with Gasteiger partial charge in [0, 0.05) is 30.1 Å². The zero-order chi connectivity index (χ0) is 13.0. The van der Waals surface area contributed by atoms with Gasteiger partial charge in [0.15, 0.2) is 0 Å². The van der Waals surface area contributed by atoms with Crippen molar-refractivity contribution < 1.29 is 4.79 Å². The predicted octanol–water partition coefficient (Wildman–Crippen LogP) is 0.379. The summed E-state index contributed by atoms with van der Waals surface area (Å²) in [6.45, 7) is 4.69. The molecule has 1 unspecified atom stereocenters. The van der Waals surface area contributed by atoms with E-state index in [2.05, 4.69) is 22.1 Å². The molecule has 96 valence electrons. The highest BCUT2D eigenvalue weighted by Crippen LogP contribution is 2.20. The molecule has 1 amide bonds. The molecule has 1 aliphatic heterocycles. The number of hydrogen-bond donors (Lipinski definition) is 2. The molecule has 0 spiro atoms. The summed E-state index contributed by atoms with van der Waals surface area (Å²) in [5.41, 5.74) is 6.42. The second-order valence-electron chi connectivity index (χ2n) is 4.20. The van der Waals surface area contributed by atoms with Gasteiger partial charge >= 0.3 is 0 Å². The summed E-state index contributed by atoms with van der Waals surface area (Å²) in [7, 11) is 0. The molecule has 1 aromatic rings. The van der Waals surface area contributed by atoms with E-state index in [9.17, 15) is 4.79 Å². The monoisotopic (exact) mass is 263 g/mol. The summed E-state index contributed by atoms with van der Waals surface area (Å²) in [4.78, 5) is 15.0. The molecule has 1 fully saturated rings. The van der Waals surface area contributed by atoms with Crippen molar-refractivity contribution in [2.24, 2.45) is 5.73 Å². The second-order valence-corrected chi connectivity index (χ2v) is 5.20. The molecule has 18 heavy (non-hydrogen) atoms. The lowest BCUT2D eigenvalue weighted by Crippen LogP contribution is -2.53. The Morgan fingerprint density at radius 1 is 1.67 bits per heavy atom. The quantitative estimate of drug-likeness (QED) is 0.758. The van der Waals surface area contributed by atoms with Gasteiger partial charge in [0.1, 0.15) is 0 Å². The molecule has 1 aromatic heterocycles. The lowest BCUT2D eigenvalue weighted by Gasteiger charge is -2.32. The van der Waals surface area contributed by atoms with Crippen molar-refractivity contribution in [2.45, 2.75) is 19.5 Å². The summed E-state index contributed by atoms with van der Waals surface area (Å²) in [6, 6.07) is 1.94. The van der Waals surface area contributed by atoms with Crippen LogP contribution in [0.2, 0.25) is 0 Å². The van der Waals surface area contributed by atoms with Gasteiger partial charge in [-0.05, 0) is 18.4 Å². The Morgan fingerprint density at radius 3 is 3.28 bits per heavy atom. The number of hydrogen-bond acceptors (Lipinski definition) is 4. The molecule has 2 heterocycles. The molecular formula is C13H17N3OS. The zero-order valence-electron chi connectivity index (χ0n) is 10.4. The fraction of sp³-hybridized carbons (Fsp3) is 0.462. The van der Waals surface area contributed by atoms with E-state index in [4.69, 9.17) is 5.73 Å². The van der Waals surface area contributed by atoms with Crippen LogP contribution in [0.25, 0.3) is 0 Å². The van der Waals surface area contributed by atoms with Gasteiger partial charge in [0.05, 0.1) is 12.6 Å². The van der Waals surface area contributed by atoms with Gasteiger partial charge in [-0.1, -0.05) is 11.8 Å². The van der Waals surface area contributed by atoms with Crippen molar-refractivity contribution in [3.05, 3.63) is 21.9 Å². The molecule has 1 aliphatic rings. The number of piperazine rings is 1. The van der Waals surface area contributed by atoms with Gasteiger partial charge in [0.25, 0.3) is 0 Å². The highest BCUT2D eigenvalue weighted by Gasteiger charge is 2.25. The van der Waals surface area contributed by atoms with E-state index in [1.807, 2.05) is 18.4 Å². The molecule has 2 rings (SSSR count). The normalized spacial score (nSPS) is 20.1. The van der Waals surface area contributed by atoms with Gasteiger partial charge in [0.2, 0.25) is 5.91 Å². The maximum Gasteiger partial charge on any atom is 0.237 e. The number of carbonyl (C=O) groups is 1. The summed E-state index contributed by atoms with van der Waals surface area (Å²) >= 11 is 1.68. The van der Waals surface area contributed by atoms with Gasteiger partial charge in [-0.25, -0.2) is 0 Å². The number of thiophene rings is 1. The second kappa shape index (κ2) is 6.01. The third kappa shape index (κ3) is 2.91. The van der Waals surface area contributed by atoms with Crippen LogP contribution in [-0.4, -0.2) is 36.5 Å². The number of rotatable bonds is 2. The van der Waals surface area contributed by atoms with Crippen LogP contribution < -0.4 is 11.1 Å². The minimum absolute atomic E-state index is 0.0730. The van der Waals surface area contributed by atoms with E-state index in [1.165, 1.54) is 4.88 Å². The molecule has 4 nitrogen and oxygen atoms in total. The van der Waals surface area contributed by atoms with Crippen molar-refractivity contribution in [1.29, 1.82) is 0 Å². The van der Waals surface area contributed by atoms with E-state index >= 15 is 0 Å². The third-order valence-corrected chi connectivity index (χ3v) is 3.95. The lowest BCUT2D eigenvalue weighted by molar-refractivity contribution is -0.128. The van der Waals surface area contributed by atoms with E-state index in [-0.39, 0.29) is 11.9 Å². The van der Waals surface area contributed by atoms with E-state index in [0.29, 0.717) is 6.54 Å². The molecule has 0 saturated carbocycles. The molecule has 0 bridgehead atoms. The molecule has 0 aromatic carbocycles. The predicted molar refractivity (Wildman–Crippen MR) is 73.1 cm³/mol. The zero-order valence-corrected chi connectivity index (χ0v) is 11.2. The average molecular weight is 263 g/mol. The SMILES string of the molecule is CC1C(=O)NCCN1Cc1sccc1C#CCN. The first kappa shape index (κ1) is 13.1. The number of nitrogens with one attached hydrogen (secondary N) is 1. The Hall–Kier alpha value is -1.35. The van der Waals surface area contributed by atoms with E-state index < -0.39 is 0 Å². The highest BCUT2D eigenvalue weighted by atomic mass is 32.1. The topological polar surface area (TPSA) is 58.4 Å². The molecular weight excluding hydrogens is 246 g/mol. The van der Waals surface area contributed by atoms with Crippen LogP contribution in [0.1, 0.15) is 17.4 Å².